The first-order valence-corrected chi connectivity index (χ1v) is 10.2. The van der Waals surface area contributed by atoms with Crippen molar-refractivity contribution in [3.05, 3.63) is 69.8 Å². The van der Waals surface area contributed by atoms with Crippen molar-refractivity contribution in [1.82, 2.24) is 10.2 Å². The summed E-state index contributed by atoms with van der Waals surface area (Å²) in [5.74, 6) is -2.20. The molecule has 1 heterocycles. The summed E-state index contributed by atoms with van der Waals surface area (Å²) < 4.78 is 41.5. The minimum absolute atomic E-state index is 0.0878. The number of likely N-dealkylation sites (tertiary alicyclic amines) is 1. The number of nitrogens with one attached hydrogen (secondary N) is 2. The van der Waals surface area contributed by atoms with Crippen molar-refractivity contribution in [1.29, 1.82) is 10.7 Å². The minimum Gasteiger partial charge on any atom is -0.370 e. The topological polar surface area (TPSA) is 123 Å². The average molecular weight is 457 g/mol. The Balaban J connectivity index is 1.82. The molecular weight excluding hydrogens is 435 g/mol. The molecule has 2 amide bonds. The lowest BCUT2D eigenvalue weighted by atomic mass is 9.84. The number of piperidine rings is 1. The number of benzene rings is 2. The summed E-state index contributed by atoms with van der Waals surface area (Å²) >= 11 is 0. The summed E-state index contributed by atoms with van der Waals surface area (Å²) in [6.07, 6.45) is -4.00. The lowest BCUT2D eigenvalue weighted by Gasteiger charge is -2.33. The Morgan fingerprint density at radius 2 is 1.79 bits per heavy atom. The number of nitrogens with two attached hydrogens (primary N) is 1. The number of hydrogen-bond donors (Lipinski definition) is 3. The molecule has 2 aromatic rings. The molecule has 1 saturated heterocycles. The standard InChI is InChI=1S/C23H22F3N5O2/c1-13-10-18(19(23(24,25)26)11-17(13)20(32)30-22(28)29)15-6-8-31(9-7-15)21(33)16-4-2-14(12-27)3-5-16/h2-5,10-11,15H,6-9H2,1H3,(H4,28,29,30,32). The third-order valence-corrected chi connectivity index (χ3v) is 5.68. The maximum Gasteiger partial charge on any atom is 0.416 e. The summed E-state index contributed by atoms with van der Waals surface area (Å²) in [6.45, 7) is 2.10. The summed E-state index contributed by atoms with van der Waals surface area (Å²) in [5.41, 5.74) is 5.30. The third-order valence-electron chi connectivity index (χ3n) is 5.68. The summed E-state index contributed by atoms with van der Waals surface area (Å²) in [7, 11) is 0. The molecule has 1 aliphatic rings. The van der Waals surface area contributed by atoms with Gasteiger partial charge < -0.3 is 10.6 Å². The van der Waals surface area contributed by atoms with E-state index in [1.165, 1.54) is 13.0 Å². The lowest BCUT2D eigenvalue weighted by molar-refractivity contribution is -0.138. The fourth-order valence-corrected chi connectivity index (χ4v) is 4.01. The Bertz CT molecular complexity index is 1130. The molecule has 33 heavy (non-hydrogen) atoms. The average Bonchev–Trinajstić information content (AvgIpc) is 2.77. The summed E-state index contributed by atoms with van der Waals surface area (Å²) in [4.78, 5) is 26.5. The lowest BCUT2D eigenvalue weighted by Crippen LogP contribution is -2.38. The van der Waals surface area contributed by atoms with Gasteiger partial charge in [-0.05, 0) is 67.1 Å². The zero-order chi connectivity index (χ0) is 24.3. The first-order valence-electron chi connectivity index (χ1n) is 10.2. The quantitative estimate of drug-likeness (QED) is 0.482. The Kier molecular flexibility index (Phi) is 6.72. The molecule has 1 aliphatic heterocycles. The zero-order valence-electron chi connectivity index (χ0n) is 17.8. The number of halogens is 3. The maximum absolute atomic E-state index is 13.8. The number of nitrogens with zero attached hydrogens (tertiary/aromatic N) is 2. The van der Waals surface area contributed by atoms with Gasteiger partial charge in [-0.25, -0.2) is 0 Å². The van der Waals surface area contributed by atoms with Gasteiger partial charge in [-0.3, -0.25) is 20.3 Å². The van der Waals surface area contributed by atoms with Crippen LogP contribution in [0.15, 0.2) is 36.4 Å². The number of amides is 2. The van der Waals surface area contributed by atoms with E-state index in [0.29, 0.717) is 29.5 Å². The highest BCUT2D eigenvalue weighted by Gasteiger charge is 2.37. The van der Waals surface area contributed by atoms with Gasteiger partial charge in [0.1, 0.15) is 0 Å². The van der Waals surface area contributed by atoms with E-state index < -0.39 is 29.5 Å². The molecule has 0 atom stereocenters. The highest BCUT2D eigenvalue weighted by molar-refractivity contribution is 6.05. The van der Waals surface area contributed by atoms with Gasteiger partial charge >= 0.3 is 6.18 Å². The second-order valence-corrected chi connectivity index (χ2v) is 7.88. The van der Waals surface area contributed by atoms with Gasteiger partial charge in [0.2, 0.25) is 0 Å². The van der Waals surface area contributed by atoms with Crippen LogP contribution in [-0.2, 0) is 6.18 Å². The van der Waals surface area contributed by atoms with Crippen molar-refractivity contribution in [2.24, 2.45) is 5.73 Å². The number of hydrogen-bond acceptors (Lipinski definition) is 4. The molecule has 4 N–H and O–H groups in total. The van der Waals surface area contributed by atoms with Gasteiger partial charge in [0.15, 0.2) is 5.96 Å². The SMILES string of the molecule is Cc1cc(C2CCN(C(=O)c3ccc(C#N)cc3)CC2)c(C(F)(F)F)cc1C(=O)NC(=N)N. The molecule has 3 rings (SSSR count). The van der Waals surface area contributed by atoms with Gasteiger partial charge in [0.25, 0.3) is 11.8 Å². The molecule has 2 aromatic carbocycles. The number of guanidine groups is 1. The fourth-order valence-electron chi connectivity index (χ4n) is 4.01. The van der Waals surface area contributed by atoms with Crippen LogP contribution < -0.4 is 11.1 Å². The van der Waals surface area contributed by atoms with E-state index in [2.05, 4.69) is 0 Å². The number of aryl methyl sites for hydroxylation is 1. The van der Waals surface area contributed by atoms with Crippen LogP contribution in [0.2, 0.25) is 0 Å². The predicted molar refractivity (Wildman–Crippen MR) is 115 cm³/mol. The van der Waals surface area contributed by atoms with Crippen molar-refractivity contribution >= 4 is 17.8 Å². The van der Waals surface area contributed by atoms with Gasteiger partial charge in [-0.2, -0.15) is 18.4 Å². The third kappa shape index (κ3) is 5.31. The van der Waals surface area contributed by atoms with Gasteiger partial charge in [0.05, 0.1) is 17.2 Å². The highest BCUT2D eigenvalue weighted by Crippen LogP contribution is 2.40. The van der Waals surface area contributed by atoms with E-state index in [4.69, 9.17) is 16.4 Å². The van der Waals surface area contributed by atoms with E-state index in [1.807, 2.05) is 11.4 Å². The van der Waals surface area contributed by atoms with Crippen LogP contribution in [0.25, 0.3) is 0 Å². The second-order valence-electron chi connectivity index (χ2n) is 7.88. The molecule has 172 valence electrons. The molecule has 0 aliphatic carbocycles. The fraction of sp³-hybridized carbons (Fsp3) is 0.304. The number of carbonyl (C=O) groups excluding carboxylic acids is 2. The van der Waals surface area contributed by atoms with Crippen LogP contribution in [0.1, 0.15) is 61.7 Å². The van der Waals surface area contributed by atoms with E-state index in [1.54, 1.807) is 29.2 Å². The molecule has 10 heteroatoms. The van der Waals surface area contributed by atoms with Crippen molar-refractivity contribution in [3.63, 3.8) is 0 Å². The van der Waals surface area contributed by atoms with Crippen molar-refractivity contribution in [3.8, 4) is 6.07 Å². The van der Waals surface area contributed by atoms with Gasteiger partial charge in [0, 0.05) is 24.2 Å². The smallest absolute Gasteiger partial charge is 0.370 e. The molecular formula is C23H22F3N5O2. The molecule has 0 bridgehead atoms. The highest BCUT2D eigenvalue weighted by atomic mass is 19.4. The van der Waals surface area contributed by atoms with Crippen molar-refractivity contribution in [2.45, 2.75) is 31.9 Å². The largest absolute Gasteiger partial charge is 0.416 e. The number of carbonyl (C=O) groups is 2. The molecule has 0 spiro atoms. The van der Waals surface area contributed by atoms with E-state index >= 15 is 0 Å². The minimum atomic E-state index is -4.68. The second kappa shape index (κ2) is 9.32. The molecule has 0 unspecified atom stereocenters. The Morgan fingerprint density at radius 3 is 2.30 bits per heavy atom. The Hall–Kier alpha value is -3.87. The number of alkyl halides is 3. The van der Waals surface area contributed by atoms with Crippen LogP contribution in [-0.4, -0.2) is 35.8 Å². The maximum atomic E-state index is 13.8. The zero-order valence-corrected chi connectivity index (χ0v) is 17.8. The first kappa shape index (κ1) is 23.8. The molecule has 1 fully saturated rings. The molecule has 0 saturated carbocycles. The van der Waals surface area contributed by atoms with Crippen LogP contribution >= 0.6 is 0 Å². The summed E-state index contributed by atoms with van der Waals surface area (Å²) in [5, 5.41) is 18.0. The van der Waals surface area contributed by atoms with Crippen LogP contribution in [0, 0.1) is 23.7 Å². The van der Waals surface area contributed by atoms with Crippen LogP contribution in [0.3, 0.4) is 0 Å². The monoisotopic (exact) mass is 457 g/mol. The molecule has 7 nitrogen and oxygen atoms in total. The summed E-state index contributed by atoms with van der Waals surface area (Å²) in [6, 6.07) is 10.3. The van der Waals surface area contributed by atoms with Crippen molar-refractivity contribution < 1.29 is 22.8 Å². The normalized spacial score (nSPS) is 14.5. The van der Waals surface area contributed by atoms with Crippen LogP contribution in [0.4, 0.5) is 13.2 Å². The van der Waals surface area contributed by atoms with Crippen molar-refractivity contribution in [2.75, 3.05) is 13.1 Å². The van der Waals surface area contributed by atoms with E-state index in [-0.39, 0.29) is 30.1 Å². The number of rotatable bonds is 3. The van der Waals surface area contributed by atoms with E-state index in [9.17, 15) is 22.8 Å². The first-order chi connectivity index (χ1) is 15.5. The molecule has 0 aromatic heterocycles. The Morgan fingerprint density at radius 1 is 1.18 bits per heavy atom. The Labute approximate surface area is 188 Å². The van der Waals surface area contributed by atoms with E-state index in [0.717, 1.165) is 6.07 Å². The van der Waals surface area contributed by atoms with Gasteiger partial charge in [-0.1, -0.05) is 6.07 Å². The van der Waals surface area contributed by atoms with Crippen LogP contribution in [0.5, 0.6) is 0 Å². The number of nitriles is 1. The predicted octanol–water partition coefficient (Wildman–Crippen LogP) is 3.53. The molecule has 0 radical (unpaired) electrons. The van der Waals surface area contributed by atoms with Gasteiger partial charge in [-0.15, -0.1) is 0 Å².